The minimum Gasteiger partial charge on any atom is -0.353 e. The van der Waals surface area contributed by atoms with Crippen molar-refractivity contribution in [3.8, 4) is 0 Å². The molecule has 1 amide bonds. The molecule has 1 aromatic heterocycles. The van der Waals surface area contributed by atoms with E-state index in [-0.39, 0.29) is 17.7 Å². The lowest BCUT2D eigenvalue weighted by Crippen LogP contribution is -2.57. The van der Waals surface area contributed by atoms with Gasteiger partial charge in [-0.05, 0) is 36.8 Å². The van der Waals surface area contributed by atoms with E-state index in [1.54, 1.807) is 12.3 Å². The van der Waals surface area contributed by atoms with Crippen molar-refractivity contribution >= 4 is 28.7 Å². The second-order valence-electron chi connectivity index (χ2n) is 7.37. The summed E-state index contributed by atoms with van der Waals surface area (Å²) in [4.78, 5) is 20.3. The summed E-state index contributed by atoms with van der Waals surface area (Å²) in [6.45, 7) is 0.233. The lowest BCUT2D eigenvalue weighted by molar-refractivity contribution is -0.195. The number of hydrogen-bond donors (Lipinski definition) is 3. The van der Waals surface area contributed by atoms with E-state index >= 15 is 0 Å². The van der Waals surface area contributed by atoms with Gasteiger partial charge in [0.25, 0.3) is 0 Å². The van der Waals surface area contributed by atoms with E-state index < -0.39 is 23.9 Å². The number of thioether (sulfide) groups is 1. The van der Waals surface area contributed by atoms with Crippen LogP contribution in [0.2, 0.25) is 0 Å². The normalized spacial score (nSPS) is 27.0. The Morgan fingerprint density at radius 3 is 2.93 bits per heavy atom. The topological polar surface area (TPSA) is 79.0 Å². The molecule has 1 saturated carbocycles. The molecule has 1 aliphatic heterocycles. The summed E-state index contributed by atoms with van der Waals surface area (Å²) in [5.41, 5.74) is 1.86. The van der Waals surface area contributed by atoms with Crippen LogP contribution in [-0.2, 0) is 9.53 Å². The van der Waals surface area contributed by atoms with Gasteiger partial charge in [0.2, 0.25) is 11.0 Å². The molecule has 29 heavy (non-hydrogen) atoms. The van der Waals surface area contributed by atoms with Gasteiger partial charge in [0.15, 0.2) is 0 Å². The number of benzene rings is 1. The average Bonchev–Trinajstić information content (AvgIpc) is 3.08. The molecule has 2 aliphatic rings. The van der Waals surface area contributed by atoms with Crippen LogP contribution in [0.1, 0.15) is 31.5 Å². The Bertz CT molecular complexity index is 889. The quantitative estimate of drug-likeness (QED) is 0.631. The van der Waals surface area contributed by atoms with Crippen LogP contribution in [-0.4, -0.2) is 39.8 Å². The summed E-state index contributed by atoms with van der Waals surface area (Å²) in [6.07, 6.45) is -1.79. The van der Waals surface area contributed by atoms with Gasteiger partial charge in [-0.1, -0.05) is 23.9 Å². The van der Waals surface area contributed by atoms with Crippen molar-refractivity contribution in [1.82, 2.24) is 20.6 Å². The third-order valence-electron chi connectivity index (χ3n) is 5.12. The number of ether oxygens (including phenoxy) is 1. The van der Waals surface area contributed by atoms with Crippen LogP contribution < -0.4 is 10.6 Å². The minimum atomic E-state index is -4.45. The minimum absolute atomic E-state index is 0.164. The molecular weight excluding hydrogens is 405 g/mol. The van der Waals surface area contributed by atoms with Crippen LogP contribution in [0.3, 0.4) is 0 Å². The number of amides is 1. The highest BCUT2D eigenvalue weighted by Gasteiger charge is 2.45. The standard InChI is InChI=1S/C19H21F3N4O2S/c1-11(19(23-6-7-29-19)28-10-18(20,21)22)24-16(27)9-12-8-13(12)17-25-14-4-2-3-5-15(14)26-17/h2-7,11-13,23H,8-10H2,1H3,(H,24,27)(H,25,26)/t11-,12+,13+,19?/m1/s1. The van der Waals surface area contributed by atoms with Gasteiger partial charge in [-0.3, -0.25) is 4.79 Å². The largest absolute Gasteiger partial charge is 0.411 e. The molecule has 156 valence electrons. The summed E-state index contributed by atoms with van der Waals surface area (Å²) in [6, 6.07) is 7.08. The number of H-pyrrole nitrogens is 1. The highest BCUT2D eigenvalue weighted by atomic mass is 32.2. The molecule has 1 fully saturated rings. The van der Waals surface area contributed by atoms with E-state index in [1.807, 2.05) is 24.3 Å². The first-order chi connectivity index (χ1) is 13.8. The molecule has 0 saturated heterocycles. The lowest BCUT2D eigenvalue weighted by atomic mass is 10.2. The Kier molecular flexibility index (Phi) is 5.24. The predicted octanol–water partition coefficient (Wildman–Crippen LogP) is 3.60. The SMILES string of the molecule is C[C@@H](NC(=O)C[C@@H]1C[C@@H]1c1nc2ccccc2[nH]1)C1(OCC(F)(F)F)NC=CS1. The third-order valence-corrected chi connectivity index (χ3v) is 6.33. The van der Waals surface area contributed by atoms with Crippen LogP contribution in [0.25, 0.3) is 11.0 Å². The van der Waals surface area contributed by atoms with E-state index in [4.69, 9.17) is 4.74 Å². The number of carbonyl (C=O) groups is 1. The number of hydrogen-bond acceptors (Lipinski definition) is 5. The molecule has 4 atom stereocenters. The Morgan fingerprint density at radius 1 is 1.45 bits per heavy atom. The fourth-order valence-corrected chi connectivity index (χ4v) is 4.39. The van der Waals surface area contributed by atoms with Crippen LogP contribution in [0, 0.1) is 5.92 Å². The summed E-state index contributed by atoms with van der Waals surface area (Å²) in [5, 5.41) is 5.82. The maximum absolute atomic E-state index is 12.6. The number of carbonyl (C=O) groups excluding carboxylic acids is 1. The van der Waals surface area contributed by atoms with E-state index in [1.165, 1.54) is 6.20 Å². The molecular formula is C19H21F3N4O2S. The number of aromatic amines is 1. The van der Waals surface area contributed by atoms with Crippen LogP contribution in [0.15, 0.2) is 35.9 Å². The maximum Gasteiger partial charge on any atom is 0.411 e. The zero-order chi connectivity index (χ0) is 20.6. The average molecular weight is 426 g/mol. The van der Waals surface area contributed by atoms with Crippen molar-refractivity contribution < 1.29 is 22.7 Å². The van der Waals surface area contributed by atoms with Gasteiger partial charge in [0.05, 0.1) is 17.1 Å². The number of nitrogens with zero attached hydrogens (tertiary/aromatic N) is 1. The molecule has 1 aromatic carbocycles. The maximum atomic E-state index is 12.6. The van der Waals surface area contributed by atoms with Crippen molar-refractivity contribution in [3.05, 3.63) is 41.7 Å². The smallest absolute Gasteiger partial charge is 0.353 e. The van der Waals surface area contributed by atoms with E-state index in [0.717, 1.165) is 35.0 Å². The summed E-state index contributed by atoms with van der Waals surface area (Å²) in [5.74, 6) is 1.02. The second-order valence-corrected chi connectivity index (χ2v) is 8.49. The molecule has 1 aliphatic carbocycles. The van der Waals surface area contributed by atoms with E-state index in [9.17, 15) is 18.0 Å². The van der Waals surface area contributed by atoms with E-state index in [0.29, 0.717) is 6.42 Å². The van der Waals surface area contributed by atoms with Crippen molar-refractivity contribution in [2.75, 3.05) is 6.61 Å². The molecule has 2 heterocycles. The number of alkyl halides is 3. The number of imidazole rings is 1. The van der Waals surface area contributed by atoms with E-state index in [2.05, 4.69) is 20.6 Å². The van der Waals surface area contributed by atoms with Crippen molar-refractivity contribution in [3.63, 3.8) is 0 Å². The predicted molar refractivity (Wildman–Crippen MR) is 104 cm³/mol. The molecule has 4 rings (SSSR count). The molecule has 0 spiro atoms. The fraction of sp³-hybridized carbons (Fsp3) is 0.474. The highest BCUT2D eigenvalue weighted by molar-refractivity contribution is 8.03. The summed E-state index contributed by atoms with van der Waals surface area (Å²) >= 11 is 1.07. The first-order valence-electron chi connectivity index (χ1n) is 9.31. The molecule has 10 heteroatoms. The van der Waals surface area contributed by atoms with Crippen molar-refractivity contribution in [1.29, 1.82) is 0 Å². The molecule has 0 radical (unpaired) electrons. The Hall–Kier alpha value is -2.20. The first-order valence-corrected chi connectivity index (χ1v) is 10.2. The van der Waals surface area contributed by atoms with Gasteiger partial charge < -0.3 is 20.4 Å². The monoisotopic (exact) mass is 426 g/mol. The zero-order valence-corrected chi connectivity index (χ0v) is 16.4. The van der Waals surface area contributed by atoms with Gasteiger partial charge in [-0.2, -0.15) is 13.2 Å². The zero-order valence-electron chi connectivity index (χ0n) is 15.6. The molecule has 3 N–H and O–H groups in total. The number of fused-ring (bicyclic) bond motifs is 1. The highest BCUT2D eigenvalue weighted by Crippen LogP contribution is 2.48. The number of halogens is 3. The Labute approximate surface area is 169 Å². The van der Waals surface area contributed by atoms with Crippen LogP contribution >= 0.6 is 11.8 Å². The lowest BCUT2D eigenvalue weighted by Gasteiger charge is -2.35. The van der Waals surface area contributed by atoms with Gasteiger partial charge in [-0.25, -0.2) is 4.98 Å². The van der Waals surface area contributed by atoms with Gasteiger partial charge in [0, 0.05) is 18.5 Å². The van der Waals surface area contributed by atoms with Crippen LogP contribution in [0.4, 0.5) is 13.2 Å². The van der Waals surface area contributed by atoms with Crippen molar-refractivity contribution in [2.45, 2.75) is 43.0 Å². The molecule has 1 unspecified atom stereocenters. The summed E-state index contributed by atoms with van der Waals surface area (Å²) in [7, 11) is 0. The molecule has 6 nitrogen and oxygen atoms in total. The second kappa shape index (κ2) is 7.56. The van der Waals surface area contributed by atoms with Crippen molar-refractivity contribution in [2.24, 2.45) is 5.92 Å². The molecule has 0 bridgehead atoms. The van der Waals surface area contributed by atoms with Gasteiger partial charge in [0.1, 0.15) is 12.4 Å². The fourth-order valence-electron chi connectivity index (χ4n) is 3.53. The molecule has 2 aromatic rings. The first kappa shape index (κ1) is 20.1. The van der Waals surface area contributed by atoms with Crippen LogP contribution in [0.5, 0.6) is 0 Å². The number of para-hydroxylation sites is 2. The summed E-state index contributed by atoms with van der Waals surface area (Å²) < 4.78 is 42.9. The Balaban J connectivity index is 1.32. The number of aromatic nitrogens is 2. The number of nitrogens with one attached hydrogen (secondary N) is 3. The number of rotatable bonds is 7. The third kappa shape index (κ3) is 4.53. The van der Waals surface area contributed by atoms with Gasteiger partial charge >= 0.3 is 6.18 Å². The Morgan fingerprint density at radius 2 is 2.24 bits per heavy atom. The van der Waals surface area contributed by atoms with Gasteiger partial charge in [-0.15, -0.1) is 0 Å².